The van der Waals surface area contributed by atoms with Crippen LogP contribution in [0.3, 0.4) is 0 Å². The Morgan fingerprint density at radius 3 is 2.23 bits per heavy atom. The van der Waals surface area contributed by atoms with Gasteiger partial charge in [0.1, 0.15) is 12.4 Å². The molecule has 0 fully saturated rings. The van der Waals surface area contributed by atoms with Crippen molar-refractivity contribution >= 4 is 16.7 Å². The van der Waals surface area contributed by atoms with E-state index in [2.05, 4.69) is 9.68 Å². The zero-order valence-corrected chi connectivity index (χ0v) is 16.1. The zero-order chi connectivity index (χ0) is 22.3. The van der Waals surface area contributed by atoms with Crippen molar-refractivity contribution in [3.63, 3.8) is 0 Å². The van der Waals surface area contributed by atoms with Crippen molar-refractivity contribution in [3.05, 3.63) is 62.2 Å². The average Bonchev–Trinajstić information content (AvgIpc) is 2.72. The second-order valence-electron chi connectivity index (χ2n) is 6.24. The van der Waals surface area contributed by atoms with Crippen LogP contribution >= 0.6 is 0 Å². The van der Waals surface area contributed by atoms with Gasteiger partial charge in [0, 0.05) is 0 Å². The molecule has 2 aromatic rings. The molecule has 0 aliphatic heterocycles. The minimum Gasteiger partial charge on any atom is -0.497 e. The molecule has 30 heavy (non-hydrogen) atoms. The summed E-state index contributed by atoms with van der Waals surface area (Å²) in [4.78, 5) is 41.9. The molecule has 2 rings (SSSR count). The highest BCUT2D eigenvalue weighted by Crippen LogP contribution is 2.26. The highest BCUT2D eigenvalue weighted by Gasteiger charge is 2.30. The third-order valence-corrected chi connectivity index (χ3v) is 4.35. The molecular formula is C18H20N2O10. The minimum atomic E-state index is -1.70. The Labute approximate surface area is 170 Å². The lowest BCUT2D eigenvalue weighted by Crippen LogP contribution is -2.41. The molecule has 3 atom stereocenters. The molecule has 162 valence electrons. The average molecular weight is 424 g/mol. The van der Waals surface area contributed by atoms with Gasteiger partial charge >= 0.3 is 5.97 Å². The molecule has 0 amide bonds. The first-order chi connectivity index (χ1) is 14.2. The molecule has 0 saturated carbocycles. The predicted octanol–water partition coefficient (Wildman–Crippen LogP) is 1.64. The number of methoxy groups -OCH3 is 1. The van der Waals surface area contributed by atoms with Crippen LogP contribution in [0, 0.1) is 20.2 Å². The Morgan fingerprint density at radius 2 is 1.63 bits per heavy atom. The van der Waals surface area contributed by atoms with E-state index in [-0.39, 0.29) is 0 Å². The van der Waals surface area contributed by atoms with Crippen molar-refractivity contribution in [3.8, 4) is 5.75 Å². The first-order valence-electron chi connectivity index (χ1n) is 8.72. The van der Waals surface area contributed by atoms with E-state index in [1.807, 2.05) is 18.2 Å². The number of nitrogens with zero attached hydrogens (tertiary/aromatic N) is 2. The SMILES string of the molecule is COc1ccc2cc([C@H](C)C(=O)OC[C@H](O[N+](=O)[O-])[C@H](CO)O[N+](=O)[O-])ccc2c1. The van der Waals surface area contributed by atoms with E-state index in [9.17, 15) is 25.0 Å². The summed E-state index contributed by atoms with van der Waals surface area (Å²) in [5.74, 6) is -0.788. The van der Waals surface area contributed by atoms with Gasteiger partial charge in [-0.3, -0.25) is 4.79 Å². The lowest BCUT2D eigenvalue weighted by Gasteiger charge is -2.22. The van der Waals surface area contributed by atoms with Crippen LogP contribution < -0.4 is 4.74 Å². The molecule has 0 heterocycles. The van der Waals surface area contributed by atoms with Gasteiger partial charge in [0.15, 0.2) is 12.2 Å². The Hall–Kier alpha value is -3.67. The molecule has 0 spiro atoms. The third kappa shape index (κ3) is 5.91. The number of benzene rings is 2. The number of aliphatic hydroxyl groups is 1. The van der Waals surface area contributed by atoms with Gasteiger partial charge in [-0.25, -0.2) is 0 Å². The Kier molecular flexibility index (Phi) is 7.69. The summed E-state index contributed by atoms with van der Waals surface area (Å²) < 4.78 is 10.2. The molecule has 0 aliphatic carbocycles. The van der Waals surface area contributed by atoms with Crippen LogP contribution in [0.25, 0.3) is 10.8 Å². The number of aliphatic hydroxyl groups excluding tert-OH is 1. The Morgan fingerprint density at radius 1 is 1.03 bits per heavy atom. The maximum atomic E-state index is 12.4. The second-order valence-corrected chi connectivity index (χ2v) is 6.24. The monoisotopic (exact) mass is 424 g/mol. The molecule has 0 unspecified atom stereocenters. The van der Waals surface area contributed by atoms with Crippen molar-refractivity contribution < 1.29 is 39.2 Å². The molecule has 0 saturated heterocycles. The van der Waals surface area contributed by atoms with E-state index >= 15 is 0 Å². The van der Waals surface area contributed by atoms with E-state index < -0.39 is 47.5 Å². The number of ether oxygens (including phenoxy) is 2. The van der Waals surface area contributed by atoms with E-state index in [1.165, 1.54) is 0 Å². The largest absolute Gasteiger partial charge is 0.497 e. The number of carbonyl (C=O) groups excluding carboxylic acids is 1. The van der Waals surface area contributed by atoms with Crippen LogP contribution in [0.1, 0.15) is 18.4 Å². The van der Waals surface area contributed by atoms with Gasteiger partial charge in [0.05, 0.1) is 19.6 Å². The van der Waals surface area contributed by atoms with Crippen molar-refractivity contribution in [1.29, 1.82) is 0 Å². The van der Waals surface area contributed by atoms with Gasteiger partial charge in [-0.1, -0.05) is 24.3 Å². The summed E-state index contributed by atoms with van der Waals surface area (Å²) in [6.07, 6.45) is -3.39. The van der Waals surface area contributed by atoms with Crippen molar-refractivity contribution in [2.75, 3.05) is 20.3 Å². The quantitative estimate of drug-likeness (QED) is 0.319. The standard InChI is InChI=1S/C18H20N2O10/c1-11(12-3-4-14-8-15(27-2)6-5-13(14)7-12)18(22)28-10-17(30-20(25)26)16(9-21)29-19(23)24/h3-8,11,16-17,21H,9-10H2,1-2H3/t11-,16-,17-/m0/s1. The fraction of sp³-hybridized carbons (Fsp3) is 0.389. The maximum absolute atomic E-state index is 12.4. The summed E-state index contributed by atoms with van der Waals surface area (Å²) in [6, 6.07) is 10.8. The van der Waals surface area contributed by atoms with Crippen LogP contribution in [-0.4, -0.2) is 53.8 Å². The smallest absolute Gasteiger partial charge is 0.313 e. The first kappa shape index (κ1) is 22.6. The molecule has 12 heteroatoms. The summed E-state index contributed by atoms with van der Waals surface area (Å²) >= 11 is 0. The molecule has 1 N–H and O–H groups in total. The number of fused-ring (bicyclic) bond motifs is 1. The maximum Gasteiger partial charge on any atom is 0.313 e. The molecular weight excluding hydrogens is 404 g/mol. The van der Waals surface area contributed by atoms with Gasteiger partial charge in [0.25, 0.3) is 10.2 Å². The molecule has 2 aromatic carbocycles. The highest BCUT2D eigenvalue weighted by molar-refractivity contribution is 5.86. The number of rotatable bonds is 11. The Balaban J connectivity index is 2.09. The Bertz CT molecular complexity index is 919. The van der Waals surface area contributed by atoms with Crippen molar-refractivity contribution in [1.82, 2.24) is 0 Å². The highest BCUT2D eigenvalue weighted by atomic mass is 17.0. The lowest BCUT2D eigenvalue weighted by atomic mass is 9.98. The minimum absolute atomic E-state index is 0.629. The normalized spacial score (nSPS) is 13.7. The summed E-state index contributed by atoms with van der Waals surface area (Å²) in [7, 11) is 1.56. The zero-order valence-electron chi connectivity index (χ0n) is 16.1. The summed E-state index contributed by atoms with van der Waals surface area (Å²) in [5.41, 5.74) is 0.629. The van der Waals surface area contributed by atoms with Gasteiger partial charge in [0.2, 0.25) is 0 Å². The number of carbonyl (C=O) groups is 1. The van der Waals surface area contributed by atoms with Gasteiger partial charge in [-0.2, -0.15) is 0 Å². The van der Waals surface area contributed by atoms with E-state index in [1.54, 1.807) is 32.2 Å². The van der Waals surface area contributed by atoms with Crippen LogP contribution in [0.5, 0.6) is 5.75 Å². The second kappa shape index (κ2) is 10.2. The van der Waals surface area contributed by atoms with Crippen LogP contribution in [-0.2, 0) is 19.2 Å². The molecule has 0 bridgehead atoms. The number of hydrogen-bond acceptors (Lipinski definition) is 10. The number of esters is 1. The van der Waals surface area contributed by atoms with E-state index in [0.29, 0.717) is 11.3 Å². The third-order valence-electron chi connectivity index (χ3n) is 4.35. The summed E-state index contributed by atoms with van der Waals surface area (Å²) in [5, 5.41) is 29.6. The van der Waals surface area contributed by atoms with Gasteiger partial charge in [-0.05, 0) is 35.4 Å². The van der Waals surface area contributed by atoms with Crippen LogP contribution in [0.4, 0.5) is 0 Å². The predicted molar refractivity (Wildman–Crippen MR) is 101 cm³/mol. The molecule has 0 radical (unpaired) electrons. The van der Waals surface area contributed by atoms with Crippen molar-refractivity contribution in [2.24, 2.45) is 0 Å². The van der Waals surface area contributed by atoms with Gasteiger partial charge < -0.3 is 24.3 Å². The fourth-order valence-electron chi connectivity index (χ4n) is 2.71. The fourth-order valence-corrected chi connectivity index (χ4v) is 2.71. The van der Waals surface area contributed by atoms with Crippen molar-refractivity contribution in [2.45, 2.75) is 25.0 Å². The van der Waals surface area contributed by atoms with Gasteiger partial charge in [-0.15, -0.1) is 20.2 Å². The molecule has 12 nitrogen and oxygen atoms in total. The number of hydrogen-bond donors (Lipinski definition) is 1. The van der Waals surface area contributed by atoms with E-state index in [0.717, 1.165) is 10.8 Å². The van der Waals surface area contributed by atoms with Crippen LogP contribution in [0.2, 0.25) is 0 Å². The molecule has 0 aromatic heterocycles. The molecule has 0 aliphatic rings. The van der Waals surface area contributed by atoms with Crippen LogP contribution in [0.15, 0.2) is 36.4 Å². The van der Waals surface area contributed by atoms with E-state index in [4.69, 9.17) is 14.6 Å². The first-order valence-corrected chi connectivity index (χ1v) is 8.72. The lowest BCUT2D eigenvalue weighted by molar-refractivity contribution is -0.799. The summed E-state index contributed by atoms with van der Waals surface area (Å²) in [6.45, 7) is -0.109. The topological polar surface area (TPSA) is 161 Å².